The molecular formula is C6H8FIOSi. The van der Waals surface area contributed by atoms with Gasteiger partial charge in [-0.25, -0.2) is 4.39 Å². The number of halogens is 2. The monoisotopic (exact) mass is 270 g/mol. The van der Waals surface area contributed by atoms with Gasteiger partial charge in [0.05, 0.1) is 0 Å². The van der Waals surface area contributed by atoms with Crippen molar-refractivity contribution in [1.29, 1.82) is 0 Å². The summed E-state index contributed by atoms with van der Waals surface area (Å²) in [6.07, 6.45) is 0. The minimum Gasteiger partial charge on any atom is -0.433 e. The third-order valence-corrected chi connectivity index (χ3v) is 2.04. The van der Waals surface area contributed by atoms with Crippen molar-refractivity contribution in [2.45, 2.75) is 0 Å². The number of rotatable bonds is 1. The summed E-state index contributed by atoms with van der Waals surface area (Å²) in [5.74, 6) is -0.285. The van der Waals surface area contributed by atoms with Crippen molar-refractivity contribution < 1.29 is 9.19 Å². The molecule has 1 nitrogen and oxygen atoms in total. The summed E-state index contributed by atoms with van der Waals surface area (Å²) < 4.78 is 12.5. The first kappa shape index (κ1) is 10.1. The molecule has 0 aliphatic heterocycles. The van der Waals surface area contributed by atoms with E-state index in [2.05, 4.69) is 0 Å². The molecule has 1 rings (SSSR count). The van der Waals surface area contributed by atoms with E-state index in [1.165, 1.54) is 6.07 Å². The van der Waals surface area contributed by atoms with E-state index < -0.39 is 9.76 Å². The zero-order valence-corrected chi connectivity index (χ0v) is 8.99. The van der Waals surface area contributed by atoms with Crippen LogP contribution in [0, 0.1) is 5.82 Å². The second-order valence-electron chi connectivity index (χ2n) is 1.75. The van der Waals surface area contributed by atoms with E-state index in [9.17, 15) is 4.39 Å². The predicted octanol–water partition coefficient (Wildman–Crippen LogP) is 0.145. The van der Waals surface area contributed by atoms with Crippen LogP contribution in [0.3, 0.4) is 0 Å². The molecule has 0 spiro atoms. The van der Waals surface area contributed by atoms with E-state index in [1.807, 2.05) is 0 Å². The van der Waals surface area contributed by atoms with Crippen LogP contribution in [0.2, 0.25) is 0 Å². The fourth-order valence-electron chi connectivity index (χ4n) is 0.627. The SMILES string of the molecule is I.O[SiH2]c1ccccc1F. The van der Waals surface area contributed by atoms with Gasteiger partial charge in [0.15, 0.2) is 9.76 Å². The molecule has 1 aromatic rings. The molecule has 0 radical (unpaired) electrons. The van der Waals surface area contributed by atoms with Gasteiger partial charge in [0.2, 0.25) is 0 Å². The molecule has 0 bridgehead atoms. The molecule has 56 valence electrons. The lowest BCUT2D eigenvalue weighted by Crippen LogP contribution is -2.16. The van der Waals surface area contributed by atoms with Gasteiger partial charge < -0.3 is 4.80 Å². The molecule has 0 fully saturated rings. The average molecular weight is 270 g/mol. The van der Waals surface area contributed by atoms with Crippen LogP contribution in [0.25, 0.3) is 0 Å². The minimum absolute atomic E-state index is 0. The molecule has 0 saturated heterocycles. The molecule has 0 amide bonds. The zero-order valence-electron chi connectivity index (χ0n) is 5.25. The van der Waals surface area contributed by atoms with Crippen LogP contribution in [-0.2, 0) is 0 Å². The van der Waals surface area contributed by atoms with E-state index in [-0.39, 0.29) is 29.8 Å². The summed E-state index contributed by atoms with van der Waals surface area (Å²) in [5, 5.41) is 0.484. The van der Waals surface area contributed by atoms with Crippen molar-refractivity contribution in [2.24, 2.45) is 0 Å². The highest BCUT2D eigenvalue weighted by molar-refractivity contribution is 14.0. The minimum atomic E-state index is -1.31. The van der Waals surface area contributed by atoms with Gasteiger partial charge in [-0.05, 0) is 11.3 Å². The standard InChI is InChI=1S/C6H7FOSi.HI/c7-5-3-1-2-4-6(5)9-8;/h1-4,8H,9H2;1H. The summed E-state index contributed by atoms with van der Waals surface area (Å²) in [5.41, 5.74) is 0. The van der Waals surface area contributed by atoms with Gasteiger partial charge in [-0.2, -0.15) is 0 Å². The van der Waals surface area contributed by atoms with Gasteiger partial charge >= 0.3 is 0 Å². The smallest absolute Gasteiger partial charge is 0.191 e. The molecule has 10 heavy (non-hydrogen) atoms. The zero-order chi connectivity index (χ0) is 6.69. The molecule has 0 saturated carbocycles. The lowest BCUT2D eigenvalue weighted by Gasteiger charge is -1.93. The third-order valence-electron chi connectivity index (χ3n) is 1.13. The van der Waals surface area contributed by atoms with Crippen LogP contribution >= 0.6 is 24.0 Å². The lowest BCUT2D eigenvalue weighted by molar-refractivity contribution is 0.602. The first-order valence-electron chi connectivity index (χ1n) is 2.69. The number of hydrogen-bond donors (Lipinski definition) is 1. The Labute approximate surface area is 78.2 Å². The van der Waals surface area contributed by atoms with E-state index >= 15 is 0 Å². The van der Waals surface area contributed by atoms with Gasteiger partial charge in [-0.15, -0.1) is 24.0 Å². The largest absolute Gasteiger partial charge is 0.433 e. The Kier molecular flexibility index (Phi) is 4.84. The Morgan fingerprint density at radius 2 is 1.90 bits per heavy atom. The quantitative estimate of drug-likeness (QED) is 0.569. The van der Waals surface area contributed by atoms with E-state index in [4.69, 9.17) is 4.80 Å². The van der Waals surface area contributed by atoms with Crippen molar-refractivity contribution in [3.05, 3.63) is 30.1 Å². The normalized spacial score (nSPS) is 9.80. The molecule has 1 aromatic carbocycles. The molecule has 0 aliphatic carbocycles. The van der Waals surface area contributed by atoms with Gasteiger partial charge in [-0.1, -0.05) is 18.2 Å². The summed E-state index contributed by atoms with van der Waals surface area (Å²) in [4.78, 5) is 8.62. The topological polar surface area (TPSA) is 20.2 Å². The fraction of sp³-hybridized carbons (Fsp3) is 0. The summed E-state index contributed by atoms with van der Waals surface area (Å²) >= 11 is 0. The number of benzene rings is 1. The third kappa shape index (κ3) is 2.35. The molecule has 1 N–H and O–H groups in total. The Morgan fingerprint density at radius 1 is 1.30 bits per heavy atom. The lowest BCUT2D eigenvalue weighted by atomic mass is 10.3. The van der Waals surface area contributed by atoms with Crippen LogP contribution in [0.4, 0.5) is 4.39 Å². The highest BCUT2D eigenvalue weighted by atomic mass is 127. The van der Waals surface area contributed by atoms with E-state index in [1.54, 1.807) is 18.2 Å². The van der Waals surface area contributed by atoms with Crippen molar-refractivity contribution in [2.75, 3.05) is 0 Å². The second kappa shape index (κ2) is 4.81. The number of hydrogen-bond acceptors (Lipinski definition) is 1. The van der Waals surface area contributed by atoms with Crippen LogP contribution in [0.15, 0.2) is 24.3 Å². The second-order valence-corrected chi connectivity index (χ2v) is 2.83. The maximum absolute atomic E-state index is 12.5. The Hall–Kier alpha value is 0.0569. The highest BCUT2D eigenvalue weighted by Gasteiger charge is 1.95. The molecule has 0 aliphatic rings. The first-order valence-corrected chi connectivity index (χ1v) is 4.03. The van der Waals surface area contributed by atoms with E-state index in [0.29, 0.717) is 5.19 Å². The van der Waals surface area contributed by atoms with Gasteiger partial charge in [0, 0.05) is 0 Å². The molecule has 0 heterocycles. The maximum atomic E-state index is 12.5. The van der Waals surface area contributed by atoms with Crippen LogP contribution in [0.1, 0.15) is 0 Å². The first-order chi connectivity index (χ1) is 4.34. The van der Waals surface area contributed by atoms with E-state index in [0.717, 1.165) is 0 Å². The molecule has 4 heteroatoms. The molecule has 0 unspecified atom stereocenters. The maximum Gasteiger partial charge on any atom is 0.191 e. The van der Waals surface area contributed by atoms with Crippen molar-refractivity contribution in [3.63, 3.8) is 0 Å². The molecule has 0 atom stereocenters. The summed E-state index contributed by atoms with van der Waals surface area (Å²) in [6.45, 7) is 0. The van der Waals surface area contributed by atoms with Gasteiger partial charge in [-0.3, -0.25) is 0 Å². The Balaban J connectivity index is 0.000000810. The fourth-order valence-corrected chi connectivity index (χ4v) is 1.14. The summed E-state index contributed by atoms with van der Waals surface area (Å²) in [6, 6.07) is 6.31. The van der Waals surface area contributed by atoms with Crippen LogP contribution in [-0.4, -0.2) is 14.6 Å². The van der Waals surface area contributed by atoms with Crippen molar-refractivity contribution in [3.8, 4) is 0 Å². The van der Waals surface area contributed by atoms with Gasteiger partial charge in [0.25, 0.3) is 0 Å². The molecule has 0 aromatic heterocycles. The molecular weight excluding hydrogens is 262 g/mol. The summed E-state index contributed by atoms with van der Waals surface area (Å²) in [7, 11) is -1.31. The van der Waals surface area contributed by atoms with Gasteiger partial charge in [0.1, 0.15) is 5.82 Å². The van der Waals surface area contributed by atoms with Crippen LogP contribution in [0.5, 0.6) is 0 Å². The highest BCUT2D eigenvalue weighted by Crippen LogP contribution is 1.89. The Morgan fingerprint density at radius 3 is 2.30 bits per heavy atom. The predicted molar refractivity (Wildman–Crippen MR) is 52.2 cm³/mol. The van der Waals surface area contributed by atoms with Crippen LogP contribution < -0.4 is 5.19 Å². The Bertz CT molecular complexity index is 207. The van der Waals surface area contributed by atoms with Crippen molar-refractivity contribution in [1.82, 2.24) is 0 Å². The van der Waals surface area contributed by atoms with Crippen molar-refractivity contribution >= 4 is 38.9 Å². The average Bonchev–Trinajstić information content (AvgIpc) is 1.89.